The fraction of sp³-hybridized carbons (Fsp3) is 0.250. The van der Waals surface area contributed by atoms with Crippen molar-refractivity contribution in [1.82, 2.24) is 4.90 Å². The van der Waals surface area contributed by atoms with E-state index in [1.807, 2.05) is 30.3 Å². The Bertz CT molecular complexity index is 695. The molecule has 2 heterocycles. The van der Waals surface area contributed by atoms with Gasteiger partial charge in [-0.05, 0) is 23.6 Å². The molecule has 6 heteroatoms. The highest BCUT2D eigenvalue weighted by atomic mass is 32.1. The first-order valence-corrected chi connectivity index (χ1v) is 7.75. The predicted molar refractivity (Wildman–Crippen MR) is 82.0 cm³/mol. The first-order chi connectivity index (χ1) is 10.6. The lowest BCUT2D eigenvalue weighted by Gasteiger charge is -2.26. The van der Waals surface area contributed by atoms with Crippen LogP contribution < -0.4 is 0 Å². The Morgan fingerprint density at radius 2 is 2.05 bits per heavy atom. The van der Waals surface area contributed by atoms with Crippen molar-refractivity contribution in [2.75, 3.05) is 6.54 Å². The molecular formula is C16H15NO4S. The van der Waals surface area contributed by atoms with Gasteiger partial charge < -0.3 is 14.7 Å². The third kappa shape index (κ3) is 3.12. The molecule has 1 aliphatic heterocycles. The number of ether oxygens (including phenoxy) is 1. The summed E-state index contributed by atoms with van der Waals surface area (Å²) in [7, 11) is 0. The first-order valence-electron chi connectivity index (χ1n) is 6.94. The average Bonchev–Trinajstić information content (AvgIpc) is 2.97. The van der Waals surface area contributed by atoms with Gasteiger partial charge >= 0.3 is 12.1 Å². The molecule has 1 aromatic carbocycles. The summed E-state index contributed by atoms with van der Waals surface area (Å²) in [6.45, 7) is 1.21. The number of hydrogen-bond acceptors (Lipinski definition) is 4. The zero-order valence-electron chi connectivity index (χ0n) is 11.8. The van der Waals surface area contributed by atoms with E-state index >= 15 is 0 Å². The van der Waals surface area contributed by atoms with Crippen molar-refractivity contribution in [3.8, 4) is 0 Å². The fourth-order valence-corrected chi connectivity index (χ4v) is 3.41. The lowest BCUT2D eigenvalue weighted by molar-refractivity contribution is 0.0702. The second-order valence-corrected chi connectivity index (χ2v) is 6.21. The summed E-state index contributed by atoms with van der Waals surface area (Å²) < 4.78 is 5.31. The van der Waals surface area contributed by atoms with Gasteiger partial charge in [0.05, 0.1) is 6.54 Å². The van der Waals surface area contributed by atoms with Gasteiger partial charge in [-0.25, -0.2) is 9.59 Å². The van der Waals surface area contributed by atoms with E-state index in [0.717, 1.165) is 16.0 Å². The largest absolute Gasteiger partial charge is 0.477 e. The van der Waals surface area contributed by atoms with Crippen LogP contribution >= 0.6 is 11.3 Å². The summed E-state index contributed by atoms with van der Waals surface area (Å²) in [5.74, 6) is -0.919. The molecule has 0 atom stereocenters. The van der Waals surface area contributed by atoms with E-state index in [0.29, 0.717) is 24.4 Å². The van der Waals surface area contributed by atoms with Gasteiger partial charge in [0.1, 0.15) is 11.5 Å². The SMILES string of the molecule is O=C(O)c1cc2c(s1)CCN(C(=O)OCc1ccccc1)C2. The van der Waals surface area contributed by atoms with Gasteiger partial charge in [-0.3, -0.25) is 0 Å². The van der Waals surface area contributed by atoms with Crippen molar-refractivity contribution in [2.45, 2.75) is 19.6 Å². The zero-order chi connectivity index (χ0) is 15.5. The summed E-state index contributed by atoms with van der Waals surface area (Å²) in [4.78, 5) is 26.1. The summed E-state index contributed by atoms with van der Waals surface area (Å²) in [6, 6.07) is 11.2. The van der Waals surface area contributed by atoms with E-state index in [1.54, 1.807) is 11.0 Å². The van der Waals surface area contributed by atoms with Crippen molar-refractivity contribution in [3.05, 3.63) is 57.3 Å². The molecular weight excluding hydrogens is 302 g/mol. The first kappa shape index (κ1) is 14.6. The molecule has 0 saturated heterocycles. The Kier molecular flexibility index (Phi) is 4.11. The number of thiophene rings is 1. The number of nitrogens with zero attached hydrogens (tertiary/aromatic N) is 1. The average molecular weight is 317 g/mol. The van der Waals surface area contributed by atoms with Crippen LogP contribution in [0.3, 0.4) is 0 Å². The maximum absolute atomic E-state index is 12.1. The highest BCUT2D eigenvalue weighted by Gasteiger charge is 2.25. The minimum absolute atomic E-state index is 0.243. The highest BCUT2D eigenvalue weighted by molar-refractivity contribution is 7.14. The number of rotatable bonds is 3. The van der Waals surface area contributed by atoms with Gasteiger partial charge in [0.25, 0.3) is 0 Å². The van der Waals surface area contributed by atoms with Crippen molar-refractivity contribution in [3.63, 3.8) is 0 Å². The van der Waals surface area contributed by atoms with E-state index in [2.05, 4.69) is 0 Å². The van der Waals surface area contributed by atoms with Gasteiger partial charge in [0.15, 0.2) is 0 Å². The quantitative estimate of drug-likeness (QED) is 0.944. The number of carboxylic acids is 1. The monoisotopic (exact) mass is 317 g/mol. The van der Waals surface area contributed by atoms with Crippen LogP contribution in [0.15, 0.2) is 36.4 Å². The molecule has 1 amide bonds. The summed E-state index contributed by atoms with van der Waals surface area (Å²) >= 11 is 1.29. The van der Waals surface area contributed by atoms with E-state index < -0.39 is 5.97 Å². The maximum Gasteiger partial charge on any atom is 0.410 e. The number of aromatic carboxylic acids is 1. The number of benzene rings is 1. The Morgan fingerprint density at radius 3 is 2.77 bits per heavy atom. The zero-order valence-corrected chi connectivity index (χ0v) is 12.6. The highest BCUT2D eigenvalue weighted by Crippen LogP contribution is 2.28. The second-order valence-electron chi connectivity index (χ2n) is 5.08. The van der Waals surface area contributed by atoms with Crippen LogP contribution in [-0.4, -0.2) is 28.6 Å². The number of carbonyl (C=O) groups excluding carboxylic acids is 1. The maximum atomic E-state index is 12.1. The molecule has 0 saturated carbocycles. The molecule has 0 radical (unpaired) electrons. The van der Waals surface area contributed by atoms with Crippen molar-refractivity contribution in [2.24, 2.45) is 0 Å². The van der Waals surface area contributed by atoms with E-state index in [1.165, 1.54) is 11.3 Å². The molecule has 0 unspecified atom stereocenters. The van der Waals surface area contributed by atoms with Crippen LogP contribution in [0.5, 0.6) is 0 Å². The minimum Gasteiger partial charge on any atom is -0.477 e. The Balaban J connectivity index is 1.61. The lowest BCUT2D eigenvalue weighted by Crippen LogP contribution is -2.35. The molecule has 1 N–H and O–H groups in total. The van der Waals surface area contributed by atoms with Crippen molar-refractivity contribution < 1.29 is 19.4 Å². The number of amides is 1. The number of carbonyl (C=O) groups is 2. The normalized spacial score (nSPS) is 13.5. The van der Waals surface area contributed by atoms with Gasteiger partial charge in [-0.1, -0.05) is 30.3 Å². The van der Waals surface area contributed by atoms with E-state index in [4.69, 9.17) is 9.84 Å². The number of carboxylic acid groups (broad SMARTS) is 1. The minimum atomic E-state index is -0.919. The summed E-state index contributed by atoms with van der Waals surface area (Å²) in [6.07, 6.45) is 0.311. The molecule has 2 aromatic rings. The van der Waals surface area contributed by atoms with Crippen LogP contribution in [0, 0.1) is 0 Å². The smallest absolute Gasteiger partial charge is 0.410 e. The molecule has 5 nitrogen and oxygen atoms in total. The van der Waals surface area contributed by atoms with Crippen LogP contribution in [0.1, 0.15) is 25.7 Å². The number of hydrogen-bond donors (Lipinski definition) is 1. The van der Waals surface area contributed by atoms with Crippen LogP contribution in [0.2, 0.25) is 0 Å². The molecule has 3 rings (SSSR count). The lowest BCUT2D eigenvalue weighted by atomic mass is 10.1. The molecule has 0 fully saturated rings. The van der Waals surface area contributed by atoms with Crippen LogP contribution in [0.4, 0.5) is 4.79 Å². The predicted octanol–water partition coefficient (Wildman–Crippen LogP) is 3.14. The van der Waals surface area contributed by atoms with Gasteiger partial charge in [-0.2, -0.15) is 0 Å². The molecule has 1 aliphatic rings. The Morgan fingerprint density at radius 1 is 1.27 bits per heavy atom. The standard InChI is InChI=1S/C16H15NO4S/c18-15(19)14-8-12-9-17(7-6-13(12)22-14)16(20)21-10-11-4-2-1-3-5-11/h1-5,8H,6-7,9-10H2,(H,18,19). The number of fused-ring (bicyclic) bond motifs is 1. The van der Waals surface area contributed by atoms with Crippen molar-refractivity contribution in [1.29, 1.82) is 0 Å². The Labute approximate surface area is 131 Å². The van der Waals surface area contributed by atoms with Gasteiger partial charge in [0.2, 0.25) is 0 Å². The van der Waals surface area contributed by atoms with Gasteiger partial charge in [0, 0.05) is 11.4 Å². The molecule has 0 spiro atoms. The fourth-order valence-electron chi connectivity index (χ4n) is 2.40. The Hall–Kier alpha value is -2.34. The van der Waals surface area contributed by atoms with Crippen molar-refractivity contribution >= 4 is 23.4 Å². The molecule has 0 aliphatic carbocycles. The topological polar surface area (TPSA) is 66.8 Å². The van der Waals surface area contributed by atoms with E-state index in [-0.39, 0.29) is 12.7 Å². The molecule has 0 bridgehead atoms. The summed E-state index contributed by atoms with van der Waals surface area (Å²) in [5.41, 5.74) is 1.85. The molecule has 22 heavy (non-hydrogen) atoms. The van der Waals surface area contributed by atoms with E-state index in [9.17, 15) is 9.59 Å². The van der Waals surface area contributed by atoms with Crippen LogP contribution in [0.25, 0.3) is 0 Å². The van der Waals surface area contributed by atoms with Crippen LogP contribution in [-0.2, 0) is 24.3 Å². The summed E-state index contributed by atoms with van der Waals surface area (Å²) in [5, 5.41) is 9.02. The molecule has 1 aromatic heterocycles. The molecule has 114 valence electrons. The third-order valence-corrected chi connectivity index (χ3v) is 4.77. The second kappa shape index (κ2) is 6.19. The van der Waals surface area contributed by atoms with Gasteiger partial charge in [-0.15, -0.1) is 11.3 Å². The third-order valence-electron chi connectivity index (χ3n) is 3.54.